The predicted octanol–water partition coefficient (Wildman–Crippen LogP) is 1.34. The molecule has 0 heterocycles. The number of sulfonamides is 1. The molecule has 0 spiro atoms. The minimum absolute atomic E-state index is 0.120. The lowest BCUT2D eigenvalue weighted by atomic mass is 10.3. The molecule has 0 bridgehead atoms. The molecule has 0 aromatic heterocycles. The van der Waals surface area contributed by atoms with Gasteiger partial charge in [0.15, 0.2) is 0 Å². The van der Waals surface area contributed by atoms with Gasteiger partial charge in [0.2, 0.25) is 10.0 Å². The quantitative estimate of drug-likeness (QED) is 0.594. The summed E-state index contributed by atoms with van der Waals surface area (Å²) in [6, 6.07) is 17.3. The van der Waals surface area contributed by atoms with Gasteiger partial charge in [0.25, 0.3) is 0 Å². The van der Waals surface area contributed by atoms with Crippen LogP contribution in [0.25, 0.3) is 0 Å². The maximum absolute atomic E-state index is 12.2. The molecule has 2 aromatic carbocycles. The van der Waals surface area contributed by atoms with Crippen molar-refractivity contribution in [2.24, 2.45) is 0 Å². The Morgan fingerprint density at radius 3 is 2.25 bits per heavy atom. The van der Waals surface area contributed by atoms with Crippen LogP contribution in [0.2, 0.25) is 0 Å². The lowest BCUT2D eigenvalue weighted by Gasteiger charge is -2.19. The van der Waals surface area contributed by atoms with Gasteiger partial charge in [0, 0.05) is 6.54 Å². The van der Waals surface area contributed by atoms with E-state index in [1.165, 1.54) is 12.1 Å². The van der Waals surface area contributed by atoms with Gasteiger partial charge in [-0.25, -0.2) is 8.42 Å². The summed E-state index contributed by atoms with van der Waals surface area (Å²) in [4.78, 5) is 0.201. The molecule has 6 nitrogen and oxygen atoms in total. The third-order valence-corrected chi connectivity index (χ3v) is 4.79. The normalized spacial score (nSPS) is 14.1. The minimum Gasteiger partial charge on any atom is -0.491 e. The highest BCUT2D eigenvalue weighted by molar-refractivity contribution is 7.89. The molecule has 0 aliphatic heterocycles. The molecule has 0 aliphatic rings. The van der Waals surface area contributed by atoms with Gasteiger partial charge in [-0.1, -0.05) is 36.4 Å². The second-order valence-electron chi connectivity index (χ2n) is 5.34. The molecular formula is C17H22N2O4S. The average molecular weight is 350 g/mol. The van der Waals surface area contributed by atoms with E-state index in [-0.39, 0.29) is 18.0 Å². The molecule has 24 heavy (non-hydrogen) atoms. The Balaban J connectivity index is 1.75. The molecule has 0 amide bonds. The third kappa shape index (κ3) is 5.93. The lowest BCUT2D eigenvalue weighted by Crippen LogP contribution is -2.46. The van der Waals surface area contributed by atoms with Crippen LogP contribution < -0.4 is 14.8 Å². The minimum atomic E-state index is -3.59. The highest BCUT2D eigenvalue weighted by atomic mass is 32.2. The maximum atomic E-state index is 12.2. The first kappa shape index (κ1) is 18.4. The van der Waals surface area contributed by atoms with Crippen LogP contribution in [-0.4, -0.2) is 38.9 Å². The summed E-state index contributed by atoms with van der Waals surface area (Å²) >= 11 is 0. The van der Waals surface area contributed by atoms with E-state index in [0.29, 0.717) is 5.75 Å². The zero-order chi connectivity index (χ0) is 17.4. The van der Waals surface area contributed by atoms with E-state index in [1.54, 1.807) is 37.3 Å². The van der Waals surface area contributed by atoms with Gasteiger partial charge >= 0.3 is 0 Å². The van der Waals surface area contributed by atoms with Crippen LogP contribution in [0.15, 0.2) is 65.6 Å². The van der Waals surface area contributed by atoms with Gasteiger partial charge in [-0.15, -0.1) is 0 Å². The van der Waals surface area contributed by atoms with Gasteiger partial charge in [-0.05, 0) is 31.2 Å². The van der Waals surface area contributed by atoms with Crippen LogP contribution >= 0.6 is 0 Å². The first-order valence-electron chi connectivity index (χ1n) is 7.64. The number of rotatable bonds is 9. The number of nitrogens with one attached hydrogen (secondary N) is 2. The zero-order valence-corrected chi connectivity index (χ0v) is 14.2. The zero-order valence-electron chi connectivity index (χ0n) is 13.4. The van der Waals surface area contributed by atoms with E-state index < -0.39 is 22.3 Å². The largest absolute Gasteiger partial charge is 0.491 e. The van der Waals surface area contributed by atoms with Crippen LogP contribution in [0.4, 0.5) is 0 Å². The molecule has 130 valence electrons. The number of ether oxygens (including phenoxy) is 1. The molecular weight excluding hydrogens is 328 g/mol. The number of para-hydroxylation sites is 1. The summed E-state index contributed by atoms with van der Waals surface area (Å²) in [5.41, 5.74) is 0. The maximum Gasteiger partial charge on any atom is 0.241 e. The van der Waals surface area contributed by atoms with Crippen LogP contribution in [0, 0.1) is 0 Å². The number of aliphatic hydroxyl groups excluding tert-OH is 1. The van der Waals surface area contributed by atoms with Gasteiger partial charge in [-0.2, -0.15) is 4.72 Å². The molecule has 0 saturated heterocycles. The smallest absolute Gasteiger partial charge is 0.241 e. The summed E-state index contributed by atoms with van der Waals surface area (Å²) in [6.45, 7) is 1.99. The van der Waals surface area contributed by atoms with E-state index in [9.17, 15) is 13.5 Å². The molecule has 2 atom stereocenters. The summed E-state index contributed by atoms with van der Waals surface area (Å²) < 4.78 is 32.3. The molecule has 3 N–H and O–H groups in total. The van der Waals surface area contributed by atoms with Crippen molar-refractivity contribution in [3.8, 4) is 5.75 Å². The number of aliphatic hydroxyl groups is 1. The fourth-order valence-electron chi connectivity index (χ4n) is 2.02. The highest BCUT2D eigenvalue weighted by Gasteiger charge is 2.17. The summed E-state index contributed by atoms with van der Waals surface area (Å²) in [5.74, 6) is 0.675. The van der Waals surface area contributed by atoms with Crippen molar-refractivity contribution in [3.63, 3.8) is 0 Å². The molecule has 0 saturated carbocycles. The van der Waals surface area contributed by atoms with Crippen LogP contribution in [-0.2, 0) is 10.0 Å². The van der Waals surface area contributed by atoms with Crippen molar-refractivity contribution in [3.05, 3.63) is 60.7 Å². The third-order valence-electron chi connectivity index (χ3n) is 3.23. The Bertz CT molecular complexity index is 708. The van der Waals surface area contributed by atoms with E-state index in [2.05, 4.69) is 10.0 Å². The van der Waals surface area contributed by atoms with Gasteiger partial charge in [0.05, 0.1) is 11.1 Å². The summed E-state index contributed by atoms with van der Waals surface area (Å²) in [5, 5.41) is 12.8. The first-order valence-corrected chi connectivity index (χ1v) is 9.12. The average Bonchev–Trinajstić information content (AvgIpc) is 2.59. The Hall–Kier alpha value is -1.93. The van der Waals surface area contributed by atoms with E-state index in [1.807, 2.05) is 18.2 Å². The predicted molar refractivity (Wildman–Crippen MR) is 92.2 cm³/mol. The van der Waals surface area contributed by atoms with Gasteiger partial charge < -0.3 is 9.84 Å². The van der Waals surface area contributed by atoms with Crippen molar-refractivity contribution in [2.45, 2.75) is 24.1 Å². The monoisotopic (exact) mass is 350 g/mol. The van der Waals surface area contributed by atoms with E-state index >= 15 is 0 Å². The molecule has 2 rings (SSSR count). The van der Waals surface area contributed by atoms with Crippen molar-refractivity contribution in [2.75, 3.05) is 13.2 Å². The summed E-state index contributed by atoms with van der Waals surface area (Å²) in [7, 11) is -3.59. The fourth-order valence-corrected chi connectivity index (χ4v) is 3.22. The van der Waals surface area contributed by atoms with Gasteiger partial charge in [0.1, 0.15) is 18.5 Å². The first-order chi connectivity index (χ1) is 11.5. The topological polar surface area (TPSA) is 87.7 Å². The Morgan fingerprint density at radius 2 is 1.62 bits per heavy atom. The van der Waals surface area contributed by atoms with Crippen molar-refractivity contribution < 1.29 is 18.3 Å². The highest BCUT2D eigenvalue weighted by Crippen LogP contribution is 2.09. The molecule has 7 heteroatoms. The number of hydrogen-bond donors (Lipinski definition) is 3. The molecule has 0 fully saturated rings. The number of benzene rings is 2. The van der Waals surface area contributed by atoms with E-state index in [0.717, 1.165) is 0 Å². The SMILES string of the molecule is CC(NCC(O)COc1ccccc1)NS(=O)(=O)c1ccccc1. The van der Waals surface area contributed by atoms with Crippen LogP contribution in [0.3, 0.4) is 0 Å². The fraction of sp³-hybridized carbons (Fsp3) is 0.294. The Labute approximate surface area is 142 Å². The lowest BCUT2D eigenvalue weighted by molar-refractivity contribution is 0.104. The van der Waals surface area contributed by atoms with Crippen LogP contribution in [0.1, 0.15) is 6.92 Å². The Morgan fingerprint density at radius 1 is 1.04 bits per heavy atom. The Kier molecular flexibility index (Phi) is 6.74. The molecule has 0 radical (unpaired) electrons. The van der Waals surface area contributed by atoms with Crippen LogP contribution in [0.5, 0.6) is 5.75 Å². The molecule has 0 aliphatic carbocycles. The van der Waals surface area contributed by atoms with Crippen molar-refractivity contribution >= 4 is 10.0 Å². The molecule has 2 unspecified atom stereocenters. The van der Waals surface area contributed by atoms with Crippen molar-refractivity contribution in [1.82, 2.24) is 10.0 Å². The number of hydrogen-bond acceptors (Lipinski definition) is 5. The van der Waals surface area contributed by atoms with Gasteiger partial charge in [-0.3, -0.25) is 5.32 Å². The second-order valence-corrected chi connectivity index (χ2v) is 7.06. The summed E-state index contributed by atoms with van der Waals surface area (Å²) in [6.07, 6.45) is -1.28. The van der Waals surface area contributed by atoms with E-state index in [4.69, 9.17) is 4.74 Å². The second kappa shape index (κ2) is 8.79. The van der Waals surface area contributed by atoms with Crippen molar-refractivity contribution in [1.29, 1.82) is 0 Å². The molecule has 2 aromatic rings. The standard InChI is InChI=1S/C17H22N2O4S/c1-14(19-24(21,22)17-10-6-3-7-11-17)18-12-15(20)13-23-16-8-4-2-5-9-16/h2-11,14-15,18-20H,12-13H2,1H3.